The molecule has 5 rings (SSSR count). The average molecular weight is 453 g/mol. The minimum Gasteiger partial charge on any atom is -0.497 e. The third-order valence-corrected chi connectivity index (χ3v) is 9.10. The second kappa shape index (κ2) is 8.27. The Hall–Kier alpha value is -2.81. The van der Waals surface area contributed by atoms with E-state index in [0.717, 1.165) is 52.2 Å². The van der Waals surface area contributed by atoms with Crippen LogP contribution in [0.1, 0.15) is 13.3 Å². The number of hydrogen-bond donors (Lipinski definition) is 1. The molecule has 0 spiro atoms. The van der Waals surface area contributed by atoms with Crippen molar-refractivity contribution in [2.75, 3.05) is 19.9 Å². The fourth-order valence-electron chi connectivity index (χ4n) is 4.80. The van der Waals surface area contributed by atoms with Gasteiger partial charge in [0.15, 0.2) is 0 Å². The summed E-state index contributed by atoms with van der Waals surface area (Å²) in [6, 6.07) is 14.8. The minimum absolute atomic E-state index is 0.359. The maximum Gasteiger partial charge on any atom is 0.120 e. The van der Waals surface area contributed by atoms with Gasteiger partial charge in [0.1, 0.15) is 5.75 Å². The van der Waals surface area contributed by atoms with Gasteiger partial charge in [-0.15, -0.1) is 0 Å². The van der Waals surface area contributed by atoms with Crippen LogP contribution in [0, 0.1) is 5.92 Å². The first kappa shape index (κ1) is 21.1. The molecule has 1 aliphatic heterocycles. The zero-order valence-corrected chi connectivity index (χ0v) is 19.5. The highest BCUT2D eigenvalue weighted by Gasteiger charge is 2.41. The number of aromatic amines is 1. The summed E-state index contributed by atoms with van der Waals surface area (Å²) in [4.78, 5) is 1.04. The highest BCUT2D eigenvalue weighted by Crippen LogP contribution is 2.56. The zero-order chi connectivity index (χ0) is 22.3. The molecule has 1 saturated heterocycles. The molecule has 4 aromatic rings. The fraction of sp³-hybridized carbons (Fsp3) is 0.333. The maximum atomic E-state index is 9.25. The molecule has 2 aromatic heterocycles. The first-order valence-electron chi connectivity index (χ1n) is 10.8. The van der Waals surface area contributed by atoms with Gasteiger partial charge in [-0.3, -0.25) is 9.78 Å². The number of rotatable bonds is 6. The zero-order valence-electron chi connectivity index (χ0n) is 18.7. The summed E-state index contributed by atoms with van der Waals surface area (Å²) < 4.78 is 19.2. The second-order valence-corrected chi connectivity index (χ2v) is 11.4. The van der Waals surface area contributed by atoms with Gasteiger partial charge in [0.2, 0.25) is 0 Å². The maximum absolute atomic E-state index is 9.25. The Morgan fingerprint density at radius 1 is 1.19 bits per heavy atom. The lowest BCUT2D eigenvalue weighted by Gasteiger charge is -2.37. The van der Waals surface area contributed by atoms with Gasteiger partial charge in [0, 0.05) is 48.6 Å². The summed E-state index contributed by atoms with van der Waals surface area (Å²) in [5, 5.41) is 12.7. The van der Waals surface area contributed by atoms with Gasteiger partial charge < -0.3 is 9.29 Å². The molecule has 0 aliphatic carbocycles. The molecule has 1 fully saturated rings. The number of nitrogens with one attached hydrogen (secondary N) is 1. The second-order valence-electron chi connectivity index (χ2n) is 8.69. The molecule has 0 bridgehead atoms. The predicted molar refractivity (Wildman–Crippen MR) is 130 cm³/mol. The number of nitrogens with zero attached hydrogens (tertiary/aromatic N) is 4. The SMILES string of the molecule is COc1cccc(S(C)([OH2+])N2CC(Cn3ncc4cc(-c5cn[nH]c5)ccc43)C[C@@H]2C)c1. The van der Waals surface area contributed by atoms with Crippen LogP contribution in [0.25, 0.3) is 22.0 Å². The third kappa shape index (κ3) is 3.79. The Balaban J connectivity index is 1.34. The molecule has 7 nitrogen and oxygen atoms in total. The van der Waals surface area contributed by atoms with Crippen molar-refractivity contribution < 1.29 is 9.29 Å². The van der Waals surface area contributed by atoms with Gasteiger partial charge in [0.25, 0.3) is 0 Å². The van der Waals surface area contributed by atoms with Crippen molar-refractivity contribution in [3.05, 3.63) is 61.1 Å². The molecule has 2 aromatic carbocycles. The first-order chi connectivity index (χ1) is 15.5. The van der Waals surface area contributed by atoms with Gasteiger partial charge in [-0.1, -0.05) is 12.1 Å². The van der Waals surface area contributed by atoms with Crippen LogP contribution in [0.3, 0.4) is 0 Å². The number of methoxy groups -OCH3 is 1. The first-order valence-corrected chi connectivity index (χ1v) is 12.8. The van der Waals surface area contributed by atoms with E-state index in [9.17, 15) is 4.55 Å². The van der Waals surface area contributed by atoms with Crippen LogP contribution >= 0.6 is 10.5 Å². The number of ether oxygens (including phenoxy) is 1. The molecule has 3 atom stereocenters. The van der Waals surface area contributed by atoms with Crippen LogP contribution in [0.5, 0.6) is 5.75 Å². The smallest absolute Gasteiger partial charge is 0.120 e. The molecule has 32 heavy (non-hydrogen) atoms. The normalized spacial score (nSPS) is 22.1. The third-order valence-electron chi connectivity index (χ3n) is 6.48. The average Bonchev–Trinajstić information content (AvgIpc) is 3.54. The van der Waals surface area contributed by atoms with Crippen molar-refractivity contribution in [2.24, 2.45) is 5.92 Å². The highest BCUT2D eigenvalue weighted by molar-refractivity contribution is 8.26. The lowest BCUT2D eigenvalue weighted by molar-refractivity contribution is 0.396. The van der Waals surface area contributed by atoms with E-state index in [1.807, 2.05) is 36.8 Å². The van der Waals surface area contributed by atoms with Crippen LogP contribution < -0.4 is 4.74 Å². The quantitative estimate of drug-likeness (QED) is 0.445. The molecule has 0 saturated carbocycles. The summed E-state index contributed by atoms with van der Waals surface area (Å²) >= 11 is 0. The predicted octanol–water partition coefficient (Wildman–Crippen LogP) is 4.19. The van der Waals surface area contributed by atoms with E-state index >= 15 is 0 Å². The molecule has 0 radical (unpaired) electrons. The molecule has 3 N–H and O–H groups in total. The summed E-state index contributed by atoms with van der Waals surface area (Å²) in [6.45, 7) is 4.02. The van der Waals surface area contributed by atoms with Crippen molar-refractivity contribution >= 4 is 21.4 Å². The molecule has 0 amide bonds. The summed E-state index contributed by atoms with van der Waals surface area (Å²) in [6.07, 6.45) is 8.83. The van der Waals surface area contributed by atoms with Gasteiger partial charge in [0.05, 0.1) is 40.4 Å². The number of H-pyrrole nitrogens is 1. The Kier molecular flexibility index (Phi) is 5.44. The molecule has 168 valence electrons. The van der Waals surface area contributed by atoms with Crippen LogP contribution in [0.15, 0.2) is 66.0 Å². The van der Waals surface area contributed by atoms with Gasteiger partial charge in [-0.2, -0.15) is 10.2 Å². The minimum atomic E-state index is -1.84. The van der Waals surface area contributed by atoms with Gasteiger partial charge in [-0.05, 0) is 49.1 Å². The van der Waals surface area contributed by atoms with Crippen molar-refractivity contribution in [3.8, 4) is 16.9 Å². The number of fused-ring (bicyclic) bond motifs is 1. The van der Waals surface area contributed by atoms with Crippen molar-refractivity contribution in [2.45, 2.75) is 30.8 Å². The van der Waals surface area contributed by atoms with Gasteiger partial charge in [-0.25, -0.2) is 4.31 Å². The van der Waals surface area contributed by atoms with E-state index in [1.165, 1.54) is 0 Å². The Morgan fingerprint density at radius 3 is 2.84 bits per heavy atom. The van der Waals surface area contributed by atoms with Gasteiger partial charge >= 0.3 is 0 Å². The Labute approximate surface area is 189 Å². The lowest BCUT2D eigenvalue weighted by atomic mass is 10.1. The highest BCUT2D eigenvalue weighted by atomic mass is 32.3. The molecule has 1 aliphatic rings. The largest absolute Gasteiger partial charge is 0.497 e. The monoisotopic (exact) mass is 452 g/mol. The van der Waals surface area contributed by atoms with E-state index in [-0.39, 0.29) is 0 Å². The van der Waals surface area contributed by atoms with E-state index in [2.05, 4.69) is 56.6 Å². The molecule has 3 heterocycles. The molecular weight excluding hydrogens is 422 g/mol. The Morgan fingerprint density at radius 2 is 2.06 bits per heavy atom. The van der Waals surface area contributed by atoms with Crippen molar-refractivity contribution in [1.82, 2.24) is 24.3 Å². The van der Waals surface area contributed by atoms with Crippen LogP contribution in [-0.2, 0) is 6.54 Å². The van der Waals surface area contributed by atoms with E-state index in [1.54, 1.807) is 7.11 Å². The van der Waals surface area contributed by atoms with Crippen LogP contribution in [0.4, 0.5) is 0 Å². The van der Waals surface area contributed by atoms with E-state index in [0.29, 0.717) is 12.0 Å². The molecule has 8 heteroatoms. The molecular formula is C24H30N5O2S+. The molecule has 2 unspecified atom stereocenters. The number of benzene rings is 2. The van der Waals surface area contributed by atoms with Crippen LogP contribution in [-0.4, -0.2) is 54.8 Å². The fourth-order valence-corrected chi connectivity index (χ4v) is 7.07. The van der Waals surface area contributed by atoms with Crippen molar-refractivity contribution in [3.63, 3.8) is 0 Å². The van der Waals surface area contributed by atoms with E-state index < -0.39 is 10.5 Å². The number of aromatic nitrogens is 4. The number of hydrogen-bond acceptors (Lipinski definition) is 4. The summed E-state index contributed by atoms with van der Waals surface area (Å²) in [5.41, 5.74) is 3.37. The van der Waals surface area contributed by atoms with Crippen molar-refractivity contribution in [1.29, 1.82) is 0 Å². The van der Waals surface area contributed by atoms with Crippen LogP contribution in [0.2, 0.25) is 0 Å². The lowest BCUT2D eigenvalue weighted by Crippen LogP contribution is -2.30. The Bertz CT molecular complexity index is 1220. The summed E-state index contributed by atoms with van der Waals surface area (Å²) in [7, 11) is -0.163. The summed E-state index contributed by atoms with van der Waals surface area (Å²) in [5.74, 6) is 1.28. The topological polar surface area (TPSA) is 81.9 Å². The van der Waals surface area contributed by atoms with E-state index in [4.69, 9.17) is 9.84 Å². The standard InChI is InChI=1S/C24H29N5O2S/c1-17-9-18(16-29(17)32(3,30)23-6-4-5-22(11-23)31-2)15-28-24-8-7-19(10-20(24)14-27-28)21-12-25-26-13-21/h4-8,10-14,17-18,30H,9,15-16H2,1-3H3,(H,25,26)/p+1/t17-,18?/m0/s1.